The molecule has 0 amide bonds. The first kappa shape index (κ1) is 12.7. The first-order valence-corrected chi connectivity index (χ1v) is 5.37. The van der Waals surface area contributed by atoms with Crippen molar-refractivity contribution in [2.24, 2.45) is 22.7 Å². The van der Waals surface area contributed by atoms with Crippen LogP contribution in [0.1, 0.15) is 48.5 Å². The van der Waals surface area contributed by atoms with Crippen LogP contribution in [0.5, 0.6) is 0 Å². The van der Waals surface area contributed by atoms with Crippen LogP contribution in [0.4, 0.5) is 0 Å². The standard InChI is InChI=1S/C12H25N/c1-8(2)11(7)12(9(3)4)13-10(5)6/h8-9,11-12H,1-7H3. The number of hydrogen-bond donors (Lipinski definition) is 0. The smallest absolute Gasteiger partial charge is 0.0549 e. The summed E-state index contributed by atoms with van der Waals surface area (Å²) in [5.74, 6) is 2.04. The maximum absolute atomic E-state index is 4.71. The highest BCUT2D eigenvalue weighted by molar-refractivity contribution is 5.79. The van der Waals surface area contributed by atoms with Crippen molar-refractivity contribution in [1.82, 2.24) is 0 Å². The van der Waals surface area contributed by atoms with Gasteiger partial charge in [0, 0.05) is 5.71 Å². The highest BCUT2D eigenvalue weighted by Crippen LogP contribution is 2.23. The fourth-order valence-electron chi connectivity index (χ4n) is 1.57. The van der Waals surface area contributed by atoms with Gasteiger partial charge in [-0.3, -0.25) is 4.99 Å². The van der Waals surface area contributed by atoms with E-state index in [2.05, 4.69) is 48.5 Å². The van der Waals surface area contributed by atoms with Crippen LogP contribution < -0.4 is 0 Å². The molecule has 13 heavy (non-hydrogen) atoms. The Kier molecular flexibility index (Phi) is 5.27. The fourth-order valence-corrected chi connectivity index (χ4v) is 1.57. The van der Waals surface area contributed by atoms with E-state index in [4.69, 9.17) is 4.99 Å². The molecule has 0 aromatic carbocycles. The van der Waals surface area contributed by atoms with Crippen molar-refractivity contribution >= 4 is 5.71 Å². The first-order valence-electron chi connectivity index (χ1n) is 5.37. The molecule has 0 aromatic heterocycles. The maximum atomic E-state index is 4.71. The van der Waals surface area contributed by atoms with Gasteiger partial charge in [-0.2, -0.15) is 0 Å². The Bertz CT molecular complexity index is 164. The molecule has 2 unspecified atom stereocenters. The Labute approximate surface area is 83.6 Å². The van der Waals surface area contributed by atoms with E-state index >= 15 is 0 Å². The van der Waals surface area contributed by atoms with Gasteiger partial charge in [-0.1, -0.05) is 34.6 Å². The molecule has 0 spiro atoms. The minimum atomic E-state index is 0.491. The molecule has 0 aliphatic heterocycles. The molecule has 0 bridgehead atoms. The zero-order valence-electron chi connectivity index (χ0n) is 10.3. The van der Waals surface area contributed by atoms with Gasteiger partial charge in [-0.25, -0.2) is 0 Å². The minimum absolute atomic E-state index is 0.491. The summed E-state index contributed by atoms with van der Waals surface area (Å²) >= 11 is 0. The van der Waals surface area contributed by atoms with Crippen molar-refractivity contribution in [2.45, 2.75) is 54.5 Å². The Morgan fingerprint density at radius 2 is 1.31 bits per heavy atom. The zero-order valence-corrected chi connectivity index (χ0v) is 10.3. The number of nitrogens with zero attached hydrogens (tertiary/aromatic N) is 1. The van der Waals surface area contributed by atoms with Crippen LogP contribution in [0, 0.1) is 17.8 Å². The molecular formula is C12H25N. The van der Waals surface area contributed by atoms with Gasteiger partial charge in [0.2, 0.25) is 0 Å². The lowest BCUT2D eigenvalue weighted by Crippen LogP contribution is -2.26. The maximum Gasteiger partial charge on any atom is 0.0549 e. The Morgan fingerprint density at radius 1 is 0.846 bits per heavy atom. The summed E-state index contributed by atoms with van der Waals surface area (Å²) in [7, 11) is 0. The lowest BCUT2D eigenvalue weighted by atomic mass is 9.84. The van der Waals surface area contributed by atoms with E-state index in [1.165, 1.54) is 5.71 Å². The normalized spacial score (nSPS) is 16.1. The van der Waals surface area contributed by atoms with E-state index in [9.17, 15) is 0 Å². The third kappa shape index (κ3) is 4.44. The van der Waals surface area contributed by atoms with E-state index in [1.54, 1.807) is 0 Å². The molecule has 1 nitrogen and oxygen atoms in total. The van der Waals surface area contributed by atoms with Gasteiger partial charge in [0.05, 0.1) is 6.04 Å². The Balaban J connectivity index is 4.52. The predicted molar refractivity (Wildman–Crippen MR) is 61.4 cm³/mol. The van der Waals surface area contributed by atoms with Gasteiger partial charge in [0.1, 0.15) is 0 Å². The number of aliphatic imine (C=N–C) groups is 1. The monoisotopic (exact) mass is 183 g/mol. The number of hydrogen-bond acceptors (Lipinski definition) is 1. The summed E-state index contributed by atoms with van der Waals surface area (Å²) in [6.45, 7) is 15.6. The summed E-state index contributed by atoms with van der Waals surface area (Å²) in [4.78, 5) is 4.71. The average Bonchev–Trinajstić information content (AvgIpc) is 1.97. The van der Waals surface area contributed by atoms with Crippen molar-refractivity contribution in [3.05, 3.63) is 0 Å². The Hall–Kier alpha value is -0.330. The summed E-state index contributed by atoms with van der Waals surface area (Å²) in [6.07, 6.45) is 0. The summed E-state index contributed by atoms with van der Waals surface area (Å²) < 4.78 is 0. The van der Waals surface area contributed by atoms with Gasteiger partial charge in [-0.15, -0.1) is 0 Å². The SMILES string of the molecule is CC(C)=NC(C(C)C)C(C)C(C)C. The third-order valence-corrected chi connectivity index (χ3v) is 2.68. The van der Waals surface area contributed by atoms with Gasteiger partial charge < -0.3 is 0 Å². The molecular weight excluding hydrogens is 158 g/mol. The molecule has 0 saturated heterocycles. The van der Waals surface area contributed by atoms with Crippen LogP contribution >= 0.6 is 0 Å². The second-order valence-electron chi connectivity index (χ2n) is 4.91. The van der Waals surface area contributed by atoms with Gasteiger partial charge in [0.15, 0.2) is 0 Å². The summed E-state index contributed by atoms with van der Waals surface area (Å²) in [5, 5.41) is 0. The second kappa shape index (κ2) is 5.41. The van der Waals surface area contributed by atoms with Crippen molar-refractivity contribution in [1.29, 1.82) is 0 Å². The van der Waals surface area contributed by atoms with Crippen LogP contribution in [0.25, 0.3) is 0 Å². The molecule has 0 rings (SSSR count). The van der Waals surface area contributed by atoms with Crippen LogP contribution in [0.15, 0.2) is 4.99 Å². The summed E-state index contributed by atoms with van der Waals surface area (Å²) in [6, 6.07) is 0.491. The quantitative estimate of drug-likeness (QED) is 0.588. The molecule has 0 radical (unpaired) electrons. The van der Waals surface area contributed by atoms with Crippen molar-refractivity contribution in [3.8, 4) is 0 Å². The van der Waals surface area contributed by atoms with E-state index in [0.29, 0.717) is 17.9 Å². The lowest BCUT2D eigenvalue weighted by molar-refractivity contribution is 0.292. The summed E-state index contributed by atoms with van der Waals surface area (Å²) in [5.41, 5.74) is 1.20. The van der Waals surface area contributed by atoms with Crippen LogP contribution in [0.2, 0.25) is 0 Å². The van der Waals surface area contributed by atoms with E-state index < -0.39 is 0 Å². The molecule has 0 heterocycles. The average molecular weight is 183 g/mol. The largest absolute Gasteiger partial charge is 0.291 e. The highest BCUT2D eigenvalue weighted by atomic mass is 14.8. The molecule has 0 fully saturated rings. The molecule has 0 saturated carbocycles. The molecule has 1 heteroatoms. The minimum Gasteiger partial charge on any atom is -0.291 e. The van der Waals surface area contributed by atoms with Crippen LogP contribution in [-0.4, -0.2) is 11.8 Å². The zero-order chi connectivity index (χ0) is 10.6. The topological polar surface area (TPSA) is 12.4 Å². The number of rotatable bonds is 4. The molecule has 0 aliphatic rings. The van der Waals surface area contributed by atoms with Gasteiger partial charge >= 0.3 is 0 Å². The molecule has 0 N–H and O–H groups in total. The predicted octanol–water partition coefficient (Wildman–Crippen LogP) is 3.78. The van der Waals surface area contributed by atoms with Crippen molar-refractivity contribution < 1.29 is 0 Å². The fraction of sp³-hybridized carbons (Fsp3) is 0.917. The van der Waals surface area contributed by atoms with E-state index in [0.717, 1.165) is 5.92 Å². The van der Waals surface area contributed by atoms with Gasteiger partial charge in [-0.05, 0) is 31.6 Å². The van der Waals surface area contributed by atoms with Crippen molar-refractivity contribution in [3.63, 3.8) is 0 Å². The molecule has 0 aromatic rings. The van der Waals surface area contributed by atoms with Crippen molar-refractivity contribution in [2.75, 3.05) is 0 Å². The molecule has 0 aliphatic carbocycles. The Morgan fingerprint density at radius 3 is 1.54 bits per heavy atom. The highest BCUT2D eigenvalue weighted by Gasteiger charge is 2.22. The van der Waals surface area contributed by atoms with E-state index in [-0.39, 0.29) is 0 Å². The second-order valence-corrected chi connectivity index (χ2v) is 4.91. The van der Waals surface area contributed by atoms with Crippen LogP contribution in [0.3, 0.4) is 0 Å². The first-order chi connectivity index (χ1) is 5.86. The third-order valence-electron chi connectivity index (χ3n) is 2.68. The molecule has 2 atom stereocenters. The molecule has 78 valence electrons. The van der Waals surface area contributed by atoms with Crippen LogP contribution in [-0.2, 0) is 0 Å². The van der Waals surface area contributed by atoms with Gasteiger partial charge in [0.25, 0.3) is 0 Å². The lowest BCUT2D eigenvalue weighted by Gasteiger charge is -2.27. The van der Waals surface area contributed by atoms with E-state index in [1.807, 2.05) is 0 Å².